The van der Waals surface area contributed by atoms with E-state index in [4.69, 9.17) is 10.3 Å². The van der Waals surface area contributed by atoms with Gasteiger partial charge >= 0.3 is 6.09 Å². The summed E-state index contributed by atoms with van der Waals surface area (Å²) < 4.78 is 5.33. The van der Waals surface area contributed by atoms with E-state index in [1.165, 1.54) is 0 Å². The lowest BCUT2D eigenvalue weighted by molar-refractivity contribution is -0.0142. The summed E-state index contributed by atoms with van der Waals surface area (Å²) in [5.41, 5.74) is 7.72. The lowest BCUT2D eigenvalue weighted by Crippen LogP contribution is -2.52. The molecule has 1 heterocycles. The number of amides is 1. The molecule has 0 aromatic rings. The predicted molar refractivity (Wildman–Crippen MR) is 70.6 cm³/mol. The van der Waals surface area contributed by atoms with Crippen molar-refractivity contribution in [2.75, 3.05) is 13.1 Å². The van der Waals surface area contributed by atoms with Gasteiger partial charge in [0.25, 0.3) is 0 Å². The van der Waals surface area contributed by atoms with Gasteiger partial charge in [0.1, 0.15) is 5.60 Å². The summed E-state index contributed by atoms with van der Waals surface area (Å²) >= 11 is 0. The fourth-order valence-electron chi connectivity index (χ4n) is 2.15. The molecule has 0 spiro atoms. The van der Waals surface area contributed by atoms with Crippen LogP contribution in [0.5, 0.6) is 0 Å². The summed E-state index contributed by atoms with van der Waals surface area (Å²) in [6.45, 7) is 5.95. The van der Waals surface area contributed by atoms with E-state index >= 15 is 0 Å². The van der Waals surface area contributed by atoms with Crippen molar-refractivity contribution in [1.29, 1.82) is 0 Å². The molecule has 0 radical (unpaired) electrons. The fraction of sp³-hybridized carbons (Fsp3) is 0.917. The Balaban J connectivity index is 2.71. The average molecular weight is 270 g/mol. The van der Waals surface area contributed by atoms with Crippen LogP contribution in [0, 0.1) is 0 Å². The minimum atomic E-state index is -0.844. The van der Waals surface area contributed by atoms with E-state index < -0.39 is 17.8 Å². The summed E-state index contributed by atoms with van der Waals surface area (Å²) in [6.07, 6.45) is 1.27. The average Bonchev–Trinajstić information content (AvgIpc) is 2.34. The van der Waals surface area contributed by atoms with Crippen molar-refractivity contribution < 1.29 is 14.6 Å². The molecule has 1 saturated heterocycles. The predicted octanol–water partition coefficient (Wildman–Crippen LogP) is 2.45. The molecule has 0 aliphatic carbocycles. The van der Waals surface area contributed by atoms with Gasteiger partial charge in [0, 0.05) is 11.5 Å². The molecule has 1 fully saturated rings. The van der Waals surface area contributed by atoms with E-state index in [1.807, 2.05) is 0 Å². The summed E-state index contributed by atoms with van der Waals surface area (Å²) in [4.78, 5) is 16.3. The Morgan fingerprint density at radius 1 is 1.58 bits per heavy atom. The van der Waals surface area contributed by atoms with Crippen molar-refractivity contribution in [3.8, 4) is 0 Å². The number of aliphatic hydroxyl groups excluding tert-OH is 1. The third-order valence-electron chi connectivity index (χ3n) is 2.95. The number of ether oxygens (including phenoxy) is 1. The molecule has 1 rings (SSSR count). The number of azide groups is 1. The molecule has 0 unspecified atom stereocenters. The number of rotatable bonds is 3. The maximum Gasteiger partial charge on any atom is 0.410 e. The van der Waals surface area contributed by atoms with E-state index in [0.29, 0.717) is 13.0 Å². The third-order valence-corrected chi connectivity index (χ3v) is 2.95. The fourth-order valence-corrected chi connectivity index (χ4v) is 2.15. The Morgan fingerprint density at radius 2 is 2.26 bits per heavy atom. The number of hydrogen-bond donors (Lipinski definition) is 1. The molecule has 1 N–H and O–H groups in total. The van der Waals surface area contributed by atoms with Gasteiger partial charge in [-0.05, 0) is 45.6 Å². The van der Waals surface area contributed by atoms with Gasteiger partial charge in [-0.15, -0.1) is 0 Å². The van der Waals surface area contributed by atoms with Gasteiger partial charge in [-0.25, -0.2) is 4.79 Å². The van der Waals surface area contributed by atoms with Crippen LogP contribution in [0.15, 0.2) is 5.11 Å². The van der Waals surface area contributed by atoms with Gasteiger partial charge in [0.05, 0.1) is 18.7 Å². The van der Waals surface area contributed by atoms with Gasteiger partial charge in [0.15, 0.2) is 0 Å². The Morgan fingerprint density at radius 3 is 2.84 bits per heavy atom. The molecule has 1 amide bonds. The maximum absolute atomic E-state index is 12.1. The molecule has 0 saturated carbocycles. The van der Waals surface area contributed by atoms with Crippen LogP contribution >= 0.6 is 0 Å². The molecular weight excluding hydrogens is 248 g/mol. The normalized spacial score (nSPS) is 21.5. The molecule has 1 aliphatic rings. The smallest absolute Gasteiger partial charge is 0.410 e. The topological polar surface area (TPSA) is 98.5 Å². The van der Waals surface area contributed by atoms with Crippen molar-refractivity contribution in [2.45, 2.75) is 57.8 Å². The first-order chi connectivity index (χ1) is 8.85. The summed E-state index contributed by atoms with van der Waals surface area (Å²) in [5.74, 6) is 0. The molecule has 7 heteroatoms. The lowest BCUT2D eigenvalue weighted by atomic mass is 9.98. The number of carbonyl (C=O) groups excluding carboxylic acids is 1. The van der Waals surface area contributed by atoms with Crippen LogP contribution in [-0.4, -0.2) is 46.9 Å². The summed E-state index contributed by atoms with van der Waals surface area (Å²) in [6, 6.07) is -0.339. The highest BCUT2D eigenvalue weighted by atomic mass is 16.6. The third kappa shape index (κ3) is 4.96. The van der Waals surface area contributed by atoms with Crippen LogP contribution in [0.25, 0.3) is 10.4 Å². The van der Waals surface area contributed by atoms with Crippen molar-refractivity contribution in [1.82, 2.24) is 4.90 Å². The van der Waals surface area contributed by atoms with E-state index in [9.17, 15) is 9.90 Å². The molecule has 2 atom stereocenters. The molecular formula is C12H22N4O3. The van der Waals surface area contributed by atoms with E-state index in [2.05, 4.69) is 10.0 Å². The molecule has 7 nitrogen and oxygen atoms in total. The second kappa shape index (κ2) is 6.63. The zero-order chi connectivity index (χ0) is 14.5. The highest BCUT2D eigenvalue weighted by Gasteiger charge is 2.34. The highest BCUT2D eigenvalue weighted by Crippen LogP contribution is 2.22. The van der Waals surface area contributed by atoms with Crippen molar-refractivity contribution in [3.63, 3.8) is 0 Å². The number of piperidine rings is 1. The quantitative estimate of drug-likeness (QED) is 0.484. The van der Waals surface area contributed by atoms with Gasteiger partial charge in [-0.3, -0.25) is 0 Å². The number of hydrogen-bond acceptors (Lipinski definition) is 4. The molecule has 0 aromatic heterocycles. The first-order valence-corrected chi connectivity index (χ1v) is 6.53. The molecule has 0 aromatic carbocycles. The second-order valence-electron chi connectivity index (χ2n) is 5.72. The van der Waals surface area contributed by atoms with Crippen LogP contribution in [0.1, 0.15) is 40.0 Å². The highest BCUT2D eigenvalue weighted by molar-refractivity contribution is 5.68. The number of carbonyl (C=O) groups is 1. The summed E-state index contributed by atoms with van der Waals surface area (Å²) in [7, 11) is 0. The lowest BCUT2D eigenvalue weighted by Gasteiger charge is -2.38. The molecule has 19 heavy (non-hydrogen) atoms. The Labute approximate surface area is 113 Å². The van der Waals surface area contributed by atoms with Crippen LogP contribution in [0.2, 0.25) is 0 Å². The standard InChI is InChI=1S/C12H22N4O3/c1-12(2,3)19-11(18)16-7-5-4-6-9(16)10(17)8-14-15-13/h9-10,17H,4-8H2,1-3H3/t9-,10-/m1/s1. The number of nitrogens with zero attached hydrogens (tertiary/aromatic N) is 4. The Kier molecular flexibility index (Phi) is 5.44. The number of likely N-dealkylation sites (tertiary alicyclic amines) is 1. The van der Waals surface area contributed by atoms with Crippen molar-refractivity contribution in [2.24, 2.45) is 5.11 Å². The van der Waals surface area contributed by atoms with Gasteiger partial charge in [-0.2, -0.15) is 0 Å². The van der Waals surface area contributed by atoms with Crippen molar-refractivity contribution in [3.05, 3.63) is 10.4 Å². The van der Waals surface area contributed by atoms with Crippen molar-refractivity contribution >= 4 is 6.09 Å². The first-order valence-electron chi connectivity index (χ1n) is 6.53. The molecule has 1 aliphatic heterocycles. The zero-order valence-corrected chi connectivity index (χ0v) is 11.7. The Bertz CT molecular complexity index is 360. The Hall–Kier alpha value is -1.46. The monoisotopic (exact) mass is 270 g/mol. The van der Waals surface area contributed by atoms with E-state index in [1.54, 1.807) is 25.7 Å². The largest absolute Gasteiger partial charge is 0.444 e. The first kappa shape index (κ1) is 15.6. The molecule has 0 bridgehead atoms. The van der Waals surface area contributed by atoms with Crippen LogP contribution < -0.4 is 0 Å². The van der Waals surface area contributed by atoms with E-state index in [0.717, 1.165) is 12.8 Å². The van der Waals surface area contributed by atoms with Gasteiger partial charge < -0.3 is 14.7 Å². The SMILES string of the molecule is CC(C)(C)OC(=O)N1CCCC[C@@H]1[C@H](O)CN=[N+]=[N-]. The second-order valence-corrected chi connectivity index (χ2v) is 5.72. The minimum absolute atomic E-state index is 0.0273. The number of aliphatic hydroxyl groups is 1. The van der Waals surface area contributed by atoms with Gasteiger partial charge in [0.2, 0.25) is 0 Å². The van der Waals surface area contributed by atoms with Crippen LogP contribution in [0.4, 0.5) is 4.79 Å². The zero-order valence-electron chi connectivity index (χ0n) is 11.7. The van der Waals surface area contributed by atoms with Crippen LogP contribution in [-0.2, 0) is 4.74 Å². The van der Waals surface area contributed by atoms with E-state index in [-0.39, 0.29) is 12.6 Å². The summed E-state index contributed by atoms with van der Waals surface area (Å²) in [5, 5.41) is 13.4. The van der Waals surface area contributed by atoms with Gasteiger partial charge in [-0.1, -0.05) is 5.11 Å². The van der Waals surface area contributed by atoms with Crippen LogP contribution in [0.3, 0.4) is 0 Å². The maximum atomic E-state index is 12.1. The minimum Gasteiger partial charge on any atom is -0.444 e. The molecule has 108 valence electrons.